The number of nitrogens with one attached hydrogen (secondary N) is 1. The van der Waals surface area contributed by atoms with E-state index in [2.05, 4.69) is 5.32 Å². The number of nitrogens with two attached hydrogens (primary N) is 1. The van der Waals surface area contributed by atoms with E-state index in [0.29, 0.717) is 5.02 Å². The van der Waals surface area contributed by atoms with Gasteiger partial charge in [0.1, 0.15) is 5.60 Å². The Labute approximate surface area is 112 Å². The molecular formula is C13H19ClN2O2. The molecular weight excluding hydrogens is 252 g/mol. The molecule has 0 aliphatic rings. The molecule has 0 saturated carbocycles. The van der Waals surface area contributed by atoms with Crippen LogP contribution in [0, 0.1) is 0 Å². The largest absolute Gasteiger partial charge is 0.444 e. The van der Waals surface area contributed by atoms with Crippen LogP contribution in [0.25, 0.3) is 0 Å². The third kappa shape index (κ3) is 4.94. The van der Waals surface area contributed by atoms with Gasteiger partial charge in [0.05, 0.1) is 0 Å². The van der Waals surface area contributed by atoms with Gasteiger partial charge in [-0.15, -0.1) is 0 Å². The molecule has 3 N–H and O–H groups in total. The Morgan fingerprint density at radius 3 is 2.61 bits per heavy atom. The van der Waals surface area contributed by atoms with Crippen LogP contribution in [0.3, 0.4) is 0 Å². The van der Waals surface area contributed by atoms with Gasteiger partial charge in [-0.25, -0.2) is 4.79 Å². The first-order chi connectivity index (χ1) is 8.29. The summed E-state index contributed by atoms with van der Waals surface area (Å²) in [5.74, 6) is 0. The van der Waals surface area contributed by atoms with Gasteiger partial charge in [0.2, 0.25) is 0 Å². The number of carbonyl (C=O) groups is 1. The SMILES string of the molecule is CC(C)(C)OC(=O)NC[C@@H](N)c1ccccc1Cl. The van der Waals surface area contributed by atoms with Crippen LogP contribution in [0.2, 0.25) is 5.02 Å². The highest BCUT2D eigenvalue weighted by molar-refractivity contribution is 6.31. The van der Waals surface area contributed by atoms with Crippen molar-refractivity contribution < 1.29 is 9.53 Å². The lowest BCUT2D eigenvalue weighted by atomic mass is 10.1. The van der Waals surface area contributed by atoms with Gasteiger partial charge in [-0.1, -0.05) is 29.8 Å². The first-order valence-electron chi connectivity index (χ1n) is 5.76. The number of benzene rings is 1. The highest BCUT2D eigenvalue weighted by Gasteiger charge is 2.17. The van der Waals surface area contributed by atoms with E-state index in [0.717, 1.165) is 5.56 Å². The number of halogens is 1. The van der Waals surface area contributed by atoms with Crippen LogP contribution in [0.5, 0.6) is 0 Å². The summed E-state index contributed by atoms with van der Waals surface area (Å²) in [7, 11) is 0. The molecule has 0 radical (unpaired) electrons. The van der Waals surface area contributed by atoms with Crippen LogP contribution in [-0.2, 0) is 4.74 Å². The molecule has 100 valence electrons. The minimum atomic E-state index is -0.515. The predicted molar refractivity (Wildman–Crippen MR) is 72.6 cm³/mol. The van der Waals surface area contributed by atoms with Crippen molar-refractivity contribution in [2.24, 2.45) is 5.73 Å². The lowest BCUT2D eigenvalue weighted by Crippen LogP contribution is -2.36. The quantitative estimate of drug-likeness (QED) is 0.888. The van der Waals surface area contributed by atoms with Gasteiger partial charge in [0.25, 0.3) is 0 Å². The average Bonchev–Trinajstić information content (AvgIpc) is 2.24. The molecule has 18 heavy (non-hydrogen) atoms. The second-order valence-electron chi connectivity index (χ2n) is 5.01. The monoisotopic (exact) mass is 270 g/mol. The smallest absolute Gasteiger partial charge is 0.407 e. The van der Waals surface area contributed by atoms with E-state index in [9.17, 15) is 4.79 Å². The molecule has 0 unspecified atom stereocenters. The van der Waals surface area contributed by atoms with Gasteiger partial charge in [-0.05, 0) is 32.4 Å². The number of carbonyl (C=O) groups excluding carboxylic acids is 1. The standard InChI is InChI=1S/C13H19ClN2O2/c1-13(2,3)18-12(17)16-8-11(15)9-6-4-5-7-10(9)14/h4-7,11H,8,15H2,1-3H3,(H,16,17)/t11-/m1/s1. The number of amides is 1. The van der Waals surface area contributed by atoms with E-state index >= 15 is 0 Å². The zero-order chi connectivity index (χ0) is 13.8. The molecule has 0 saturated heterocycles. The summed E-state index contributed by atoms with van der Waals surface area (Å²) < 4.78 is 5.12. The van der Waals surface area contributed by atoms with Crippen molar-refractivity contribution in [3.63, 3.8) is 0 Å². The maximum absolute atomic E-state index is 11.5. The average molecular weight is 271 g/mol. The maximum atomic E-state index is 11.5. The van der Waals surface area contributed by atoms with Crippen LogP contribution in [0.4, 0.5) is 4.79 Å². The zero-order valence-corrected chi connectivity index (χ0v) is 11.6. The molecule has 0 aliphatic carbocycles. The molecule has 0 bridgehead atoms. The Morgan fingerprint density at radius 2 is 2.06 bits per heavy atom. The van der Waals surface area contributed by atoms with Crippen molar-refractivity contribution in [2.45, 2.75) is 32.4 Å². The predicted octanol–water partition coefficient (Wildman–Crippen LogP) is 2.86. The van der Waals surface area contributed by atoms with E-state index in [4.69, 9.17) is 22.1 Å². The number of rotatable bonds is 3. The summed E-state index contributed by atoms with van der Waals surface area (Å²) in [6, 6.07) is 6.94. The summed E-state index contributed by atoms with van der Waals surface area (Å²) in [6.07, 6.45) is -0.481. The summed E-state index contributed by atoms with van der Waals surface area (Å²) in [5.41, 5.74) is 6.24. The zero-order valence-electron chi connectivity index (χ0n) is 10.9. The lowest BCUT2D eigenvalue weighted by Gasteiger charge is -2.21. The van der Waals surface area contributed by atoms with Crippen LogP contribution >= 0.6 is 11.6 Å². The Kier molecular flexibility index (Phi) is 4.99. The molecule has 0 aliphatic heterocycles. The molecule has 1 atom stereocenters. The topological polar surface area (TPSA) is 64.3 Å². The Bertz CT molecular complexity index is 416. The number of hydrogen-bond donors (Lipinski definition) is 2. The van der Waals surface area contributed by atoms with Crippen LogP contribution in [-0.4, -0.2) is 18.2 Å². The normalized spacial score (nSPS) is 12.9. The summed E-state index contributed by atoms with van der Waals surface area (Å²) in [5, 5.41) is 3.21. The molecule has 0 aromatic heterocycles. The third-order valence-electron chi connectivity index (χ3n) is 2.17. The van der Waals surface area contributed by atoms with Gasteiger partial charge in [0, 0.05) is 17.6 Å². The van der Waals surface area contributed by atoms with Crippen molar-refractivity contribution >= 4 is 17.7 Å². The maximum Gasteiger partial charge on any atom is 0.407 e. The molecule has 1 amide bonds. The molecule has 1 rings (SSSR count). The van der Waals surface area contributed by atoms with Crippen molar-refractivity contribution in [2.75, 3.05) is 6.54 Å². The fourth-order valence-electron chi connectivity index (χ4n) is 1.39. The third-order valence-corrected chi connectivity index (χ3v) is 2.51. The Hall–Kier alpha value is -1.26. The van der Waals surface area contributed by atoms with Crippen LogP contribution < -0.4 is 11.1 Å². The molecule has 0 heterocycles. The first kappa shape index (κ1) is 14.8. The van der Waals surface area contributed by atoms with Gasteiger partial charge in [-0.2, -0.15) is 0 Å². The number of alkyl carbamates (subject to hydrolysis) is 1. The van der Waals surface area contributed by atoms with Gasteiger partial charge in [0.15, 0.2) is 0 Å². The van der Waals surface area contributed by atoms with Crippen LogP contribution in [0.1, 0.15) is 32.4 Å². The highest BCUT2D eigenvalue weighted by atomic mass is 35.5. The van der Waals surface area contributed by atoms with Gasteiger partial charge in [-0.3, -0.25) is 0 Å². The molecule has 0 fully saturated rings. The molecule has 1 aromatic rings. The van der Waals surface area contributed by atoms with Crippen molar-refractivity contribution in [1.82, 2.24) is 5.32 Å². The van der Waals surface area contributed by atoms with E-state index in [1.807, 2.05) is 18.2 Å². The molecule has 5 heteroatoms. The minimum Gasteiger partial charge on any atom is -0.444 e. The summed E-state index contributed by atoms with van der Waals surface area (Å²) in [4.78, 5) is 11.5. The fourth-order valence-corrected chi connectivity index (χ4v) is 1.67. The minimum absolute atomic E-state index is 0.276. The second-order valence-corrected chi connectivity index (χ2v) is 5.42. The Morgan fingerprint density at radius 1 is 1.44 bits per heavy atom. The van der Waals surface area contributed by atoms with Crippen molar-refractivity contribution in [3.8, 4) is 0 Å². The number of hydrogen-bond acceptors (Lipinski definition) is 3. The van der Waals surface area contributed by atoms with E-state index < -0.39 is 11.7 Å². The summed E-state index contributed by atoms with van der Waals surface area (Å²) in [6.45, 7) is 5.69. The van der Waals surface area contributed by atoms with E-state index in [1.165, 1.54) is 0 Å². The van der Waals surface area contributed by atoms with Crippen molar-refractivity contribution in [3.05, 3.63) is 34.9 Å². The van der Waals surface area contributed by atoms with Gasteiger partial charge >= 0.3 is 6.09 Å². The van der Waals surface area contributed by atoms with E-state index in [1.54, 1.807) is 26.8 Å². The number of ether oxygens (including phenoxy) is 1. The highest BCUT2D eigenvalue weighted by Crippen LogP contribution is 2.20. The molecule has 1 aromatic carbocycles. The van der Waals surface area contributed by atoms with E-state index in [-0.39, 0.29) is 12.6 Å². The molecule has 4 nitrogen and oxygen atoms in total. The summed E-state index contributed by atoms with van der Waals surface area (Å²) >= 11 is 6.02. The first-order valence-corrected chi connectivity index (χ1v) is 6.14. The van der Waals surface area contributed by atoms with Crippen LogP contribution in [0.15, 0.2) is 24.3 Å². The van der Waals surface area contributed by atoms with Gasteiger partial charge < -0.3 is 15.8 Å². The molecule has 0 spiro atoms. The fraction of sp³-hybridized carbons (Fsp3) is 0.462. The Balaban J connectivity index is 2.49. The second kappa shape index (κ2) is 6.07. The lowest BCUT2D eigenvalue weighted by molar-refractivity contribution is 0.0524. The van der Waals surface area contributed by atoms with Crippen molar-refractivity contribution in [1.29, 1.82) is 0 Å².